The second-order valence-electron chi connectivity index (χ2n) is 3.48. The highest BCUT2D eigenvalue weighted by Gasteiger charge is 2.00. The number of nitrogens with zero attached hydrogens (tertiary/aromatic N) is 1. The van der Waals surface area contributed by atoms with Crippen molar-refractivity contribution in [3.63, 3.8) is 0 Å². The zero-order valence-corrected chi connectivity index (χ0v) is 11.4. The van der Waals surface area contributed by atoms with Crippen LogP contribution in [0.25, 0.3) is 0 Å². The molecule has 5 heteroatoms. The molecule has 0 saturated heterocycles. The van der Waals surface area contributed by atoms with Gasteiger partial charge >= 0.3 is 0 Å². The molecule has 0 heterocycles. The number of rotatable bonds is 7. The number of nitrogens with one attached hydrogen (secondary N) is 2. The number of hydrogen-bond acceptors (Lipinski definition) is 4. The molecule has 0 aliphatic heterocycles. The van der Waals surface area contributed by atoms with E-state index in [-0.39, 0.29) is 0 Å². The molecule has 0 aromatic heterocycles. The van der Waals surface area contributed by atoms with Gasteiger partial charge in [0.1, 0.15) is 0 Å². The van der Waals surface area contributed by atoms with Crippen LogP contribution in [0.3, 0.4) is 0 Å². The summed E-state index contributed by atoms with van der Waals surface area (Å²) in [6.45, 7) is 3.28. The number of nitriles is 1. The Morgan fingerprint density at radius 3 is 2.82 bits per heavy atom. The molecule has 1 aromatic rings. The van der Waals surface area contributed by atoms with Crippen LogP contribution in [-0.2, 0) is 4.74 Å². The fourth-order valence-corrected chi connectivity index (χ4v) is 1.83. The van der Waals surface area contributed by atoms with E-state index in [2.05, 4.69) is 32.6 Å². The molecule has 0 aliphatic carbocycles. The maximum atomic E-state index is 8.74. The standard InChI is InChI=1S/C12H16BrN3O/c1-17-7-6-15-4-5-16-12-3-2-10(9-14)8-11(12)13/h2-3,8,15-16H,4-7H2,1H3. The molecule has 2 N–H and O–H groups in total. The van der Waals surface area contributed by atoms with Gasteiger partial charge < -0.3 is 15.4 Å². The molecule has 0 amide bonds. The molecule has 92 valence electrons. The normalized spacial score (nSPS) is 9.94. The molecule has 0 aliphatic rings. The van der Waals surface area contributed by atoms with E-state index >= 15 is 0 Å². The van der Waals surface area contributed by atoms with E-state index in [9.17, 15) is 0 Å². The smallest absolute Gasteiger partial charge is 0.0992 e. The Hall–Kier alpha value is -1.09. The van der Waals surface area contributed by atoms with Crippen LogP contribution in [-0.4, -0.2) is 33.4 Å². The number of benzene rings is 1. The highest BCUT2D eigenvalue weighted by atomic mass is 79.9. The number of hydrogen-bond donors (Lipinski definition) is 2. The van der Waals surface area contributed by atoms with Crippen molar-refractivity contribution in [2.75, 3.05) is 38.7 Å². The Morgan fingerprint density at radius 2 is 2.18 bits per heavy atom. The monoisotopic (exact) mass is 297 g/mol. The van der Waals surface area contributed by atoms with E-state index in [1.54, 1.807) is 19.2 Å². The molecule has 0 atom stereocenters. The Labute approximate surface area is 110 Å². The van der Waals surface area contributed by atoms with Gasteiger partial charge in [0.2, 0.25) is 0 Å². The largest absolute Gasteiger partial charge is 0.383 e. The Balaban J connectivity index is 2.30. The van der Waals surface area contributed by atoms with Crippen LogP contribution < -0.4 is 10.6 Å². The van der Waals surface area contributed by atoms with E-state index in [0.717, 1.165) is 36.4 Å². The lowest BCUT2D eigenvalue weighted by molar-refractivity contribution is 0.200. The average molecular weight is 298 g/mol. The van der Waals surface area contributed by atoms with Gasteiger partial charge in [-0.05, 0) is 34.1 Å². The van der Waals surface area contributed by atoms with Crippen molar-refractivity contribution in [1.29, 1.82) is 5.26 Å². The van der Waals surface area contributed by atoms with E-state index < -0.39 is 0 Å². The fourth-order valence-electron chi connectivity index (χ4n) is 1.31. The van der Waals surface area contributed by atoms with Crippen LogP contribution in [0.1, 0.15) is 5.56 Å². The van der Waals surface area contributed by atoms with E-state index in [0.29, 0.717) is 5.56 Å². The molecule has 1 rings (SSSR count). The lowest BCUT2D eigenvalue weighted by atomic mass is 10.2. The molecule has 0 bridgehead atoms. The minimum absolute atomic E-state index is 0.653. The molecule has 0 unspecified atom stereocenters. The zero-order chi connectivity index (χ0) is 12.5. The molecule has 17 heavy (non-hydrogen) atoms. The second kappa shape index (κ2) is 8.07. The topological polar surface area (TPSA) is 57.1 Å². The van der Waals surface area contributed by atoms with Crippen molar-refractivity contribution in [3.8, 4) is 6.07 Å². The van der Waals surface area contributed by atoms with Gasteiger partial charge in [-0.3, -0.25) is 0 Å². The lowest BCUT2D eigenvalue weighted by Gasteiger charge is -2.09. The quantitative estimate of drug-likeness (QED) is 0.756. The number of anilines is 1. The van der Waals surface area contributed by atoms with Crippen molar-refractivity contribution in [2.24, 2.45) is 0 Å². The summed E-state index contributed by atoms with van der Waals surface area (Å²) < 4.78 is 5.84. The Morgan fingerprint density at radius 1 is 1.35 bits per heavy atom. The highest BCUT2D eigenvalue weighted by Crippen LogP contribution is 2.22. The summed E-state index contributed by atoms with van der Waals surface area (Å²) in [6.07, 6.45) is 0. The summed E-state index contributed by atoms with van der Waals surface area (Å²) in [6, 6.07) is 7.61. The van der Waals surface area contributed by atoms with Crippen molar-refractivity contribution < 1.29 is 4.74 Å². The summed E-state index contributed by atoms with van der Waals surface area (Å²) in [4.78, 5) is 0. The van der Waals surface area contributed by atoms with Gasteiger partial charge in [-0.2, -0.15) is 5.26 Å². The SMILES string of the molecule is COCCNCCNc1ccc(C#N)cc1Br. The third kappa shape index (κ3) is 5.18. The first kappa shape index (κ1) is 14.0. The van der Waals surface area contributed by atoms with Gasteiger partial charge in [0.05, 0.1) is 18.2 Å². The minimum atomic E-state index is 0.653. The predicted octanol–water partition coefficient (Wildman–Crippen LogP) is 1.97. The van der Waals surface area contributed by atoms with Crippen LogP contribution in [0.15, 0.2) is 22.7 Å². The molecule has 0 saturated carbocycles. The highest BCUT2D eigenvalue weighted by molar-refractivity contribution is 9.10. The second-order valence-corrected chi connectivity index (χ2v) is 4.33. The van der Waals surface area contributed by atoms with Gasteiger partial charge in [-0.1, -0.05) is 0 Å². The van der Waals surface area contributed by atoms with Crippen LogP contribution in [0.2, 0.25) is 0 Å². The summed E-state index contributed by atoms with van der Waals surface area (Å²) in [5.74, 6) is 0. The number of halogens is 1. The van der Waals surface area contributed by atoms with Gasteiger partial charge in [0, 0.05) is 36.9 Å². The number of methoxy groups -OCH3 is 1. The molecular weight excluding hydrogens is 282 g/mol. The lowest BCUT2D eigenvalue weighted by Crippen LogP contribution is -2.25. The zero-order valence-electron chi connectivity index (χ0n) is 9.79. The maximum Gasteiger partial charge on any atom is 0.0992 e. The van der Waals surface area contributed by atoms with E-state index in [1.165, 1.54) is 0 Å². The van der Waals surface area contributed by atoms with Crippen molar-refractivity contribution in [1.82, 2.24) is 5.32 Å². The first-order chi connectivity index (χ1) is 8.27. The number of ether oxygens (including phenoxy) is 1. The molecule has 1 aromatic carbocycles. The van der Waals surface area contributed by atoms with Crippen LogP contribution in [0.4, 0.5) is 5.69 Å². The fraction of sp³-hybridized carbons (Fsp3) is 0.417. The van der Waals surface area contributed by atoms with Crippen molar-refractivity contribution >= 4 is 21.6 Å². The van der Waals surface area contributed by atoms with Crippen LogP contribution >= 0.6 is 15.9 Å². The minimum Gasteiger partial charge on any atom is -0.383 e. The van der Waals surface area contributed by atoms with Gasteiger partial charge in [0.25, 0.3) is 0 Å². The third-order valence-electron chi connectivity index (χ3n) is 2.20. The summed E-state index contributed by atoms with van der Waals surface area (Å²) in [5.41, 5.74) is 1.65. The molecule has 0 spiro atoms. The average Bonchev–Trinajstić information content (AvgIpc) is 2.35. The van der Waals surface area contributed by atoms with Crippen LogP contribution in [0.5, 0.6) is 0 Å². The van der Waals surface area contributed by atoms with E-state index in [1.807, 2.05) is 6.07 Å². The first-order valence-corrected chi connectivity index (χ1v) is 6.20. The van der Waals surface area contributed by atoms with Gasteiger partial charge in [-0.25, -0.2) is 0 Å². The Kier molecular flexibility index (Phi) is 6.63. The van der Waals surface area contributed by atoms with Gasteiger partial charge in [0.15, 0.2) is 0 Å². The van der Waals surface area contributed by atoms with Crippen LogP contribution in [0, 0.1) is 11.3 Å². The Bertz CT molecular complexity index is 390. The van der Waals surface area contributed by atoms with Crippen molar-refractivity contribution in [3.05, 3.63) is 28.2 Å². The van der Waals surface area contributed by atoms with Gasteiger partial charge in [-0.15, -0.1) is 0 Å². The molecule has 0 fully saturated rings. The summed E-state index contributed by atoms with van der Waals surface area (Å²) in [5, 5.41) is 15.3. The van der Waals surface area contributed by atoms with E-state index in [4.69, 9.17) is 10.00 Å². The third-order valence-corrected chi connectivity index (χ3v) is 2.85. The predicted molar refractivity (Wildman–Crippen MR) is 72.1 cm³/mol. The maximum absolute atomic E-state index is 8.74. The molecule has 0 radical (unpaired) electrons. The first-order valence-electron chi connectivity index (χ1n) is 5.41. The summed E-state index contributed by atoms with van der Waals surface area (Å²) in [7, 11) is 1.69. The molecule has 4 nitrogen and oxygen atoms in total. The summed E-state index contributed by atoms with van der Waals surface area (Å²) >= 11 is 3.43. The molecular formula is C12H16BrN3O. The van der Waals surface area contributed by atoms with Crippen molar-refractivity contribution in [2.45, 2.75) is 0 Å².